The van der Waals surface area contributed by atoms with Crippen LogP contribution >= 0.6 is 0 Å². The van der Waals surface area contributed by atoms with Gasteiger partial charge in [-0.25, -0.2) is 14.4 Å². The summed E-state index contributed by atoms with van der Waals surface area (Å²) in [5, 5.41) is 30.1. The molecule has 0 aliphatic carbocycles. The minimum Gasteiger partial charge on any atom is -0.478 e. The van der Waals surface area contributed by atoms with Gasteiger partial charge >= 0.3 is 42.1 Å². The Bertz CT molecular complexity index is 1610. The molecule has 2 aliphatic rings. The molecule has 18 heteroatoms. The molecule has 0 spiro atoms. The van der Waals surface area contributed by atoms with E-state index in [2.05, 4.69) is 9.98 Å². The number of nitrogens with zero attached hydrogens (tertiary/aromatic N) is 1. The van der Waals surface area contributed by atoms with Crippen molar-refractivity contribution in [1.82, 2.24) is 9.98 Å². The average Bonchev–Trinajstić information content (AvgIpc) is 3.36. The lowest BCUT2D eigenvalue weighted by Crippen LogP contribution is -2.38. The molecule has 0 aromatic carbocycles. The molecule has 0 radical (unpaired) electrons. The van der Waals surface area contributed by atoms with Crippen LogP contribution in [0.2, 0.25) is 0 Å². The highest BCUT2D eigenvalue weighted by atomic mass is 19.4. The fourth-order valence-electron chi connectivity index (χ4n) is 3.83. The quantitative estimate of drug-likeness (QED) is 0.0925. The van der Waals surface area contributed by atoms with Crippen LogP contribution in [-0.2, 0) is 14.4 Å². The highest BCUT2D eigenvalue weighted by Gasteiger charge is 2.40. The zero-order valence-corrected chi connectivity index (χ0v) is 23.2. The number of dihydropyridines is 1. The molecule has 1 atom stereocenters. The summed E-state index contributed by atoms with van der Waals surface area (Å²) in [4.78, 5) is 34.0. The number of nitrogens with two attached hydrogens (primary N) is 1. The van der Waals surface area contributed by atoms with Gasteiger partial charge in [-0.3, -0.25) is 0 Å². The summed E-state index contributed by atoms with van der Waals surface area (Å²) in [5.41, 5.74) is 0.595. The number of carboxylic acid groups (broad SMARTS) is 3. The number of carboxylic acids is 3. The van der Waals surface area contributed by atoms with Crippen molar-refractivity contribution >= 4 is 29.8 Å². The number of aliphatic carboxylic acids is 3. The Morgan fingerprint density at radius 2 is 1.41 bits per heavy atom. The Morgan fingerprint density at radius 1 is 0.848 bits per heavy atom. The van der Waals surface area contributed by atoms with E-state index in [1.54, 1.807) is 0 Å². The van der Waals surface area contributed by atoms with E-state index >= 15 is 0 Å². The Labute approximate surface area is 253 Å². The number of nitrogens with one attached hydrogen (secondary N) is 1. The second-order valence-corrected chi connectivity index (χ2v) is 9.46. The third-order valence-corrected chi connectivity index (χ3v) is 5.80. The predicted octanol–water partition coefficient (Wildman–Crippen LogP) is 4.58. The van der Waals surface area contributed by atoms with Crippen LogP contribution in [0.4, 0.5) is 39.5 Å². The molecular weight excluding hydrogens is 645 g/mol. The van der Waals surface area contributed by atoms with Crippen LogP contribution in [0, 0.1) is 0 Å². The Kier molecular flexibility index (Phi) is 11.4. The maximum absolute atomic E-state index is 13.1. The van der Waals surface area contributed by atoms with E-state index < -0.39 is 72.0 Å². The van der Waals surface area contributed by atoms with Gasteiger partial charge in [0.05, 0.1) is 29.8 Å². The van der Waals surface area contributed by atoms with E-state index in [1.807, 2.05) is 0 Å². The van der Waals surface area contributed by atoms with Crippen molar-refractivity contribution in [2.24, 2.45) is 5.73 Å². The maximum Gasteiger partial charge on any atom is 0.423 e. The highest BCUT2D eigenvalue weighted by molar-refractivity contribution is 6.11. The largest absolute Gasteiger partial charge is 0.478 e. The van der Waals surface area contributed by atoms with Gasteiger partial charge in [0.25, 0.3) is 6.21 Å². The molecule has 0 amide bonds. The first-order valence-corrected chi connectivity index (χ1v) is 12.5. The molecule has 2 heterocycles. The molecule has 1 unspecified atom stereocenters. The van der Waals surface area contributed by atoms with Crippen molar-refractivity contribution < 1.29 is 69.2 Å². The van der Waals surface area contributed by atoms with E-state index in [-0.39, 0.29) is 39.9 Å². The molecule has 0 aromatic heterocycles. The van der Waals surface area contributed by atoms with Gasteiger partial charge in [-0.2, -0.15) is 39.5 Å². The van der Waals surface area contributed by atoms with Gasteiger partial charge in [0.15, 0.2) is 0 Å². The van der Waals surface area contributed by atoms with Crippen molar-refractivity contribution in [2.45, 2.75) is 44.3 Å². The number of rotatable bonds is 11. The van der Waals surface area contributed by atoms with Crippen molar-refractivity contribution in [3.63, 3.8) is 0 Å². The molecule has 46 heavy (non-hydrogen) atoms. The van der Waals surface area contributed by atoms with Crippen LogP contribution in [-0.4, -0.2) is 69.7 Å². The number of halogens is 9. The summed E-state index contributed by atoms with van der Waals surface area (Å²) in [6.07, 6.45) is -10.9. The Balaban J connectivity index is 2.65. The van der Waals surface area contributed by atoms with Gasteiger partial charge < -0.3 is 26.4 Å². The van der Waals surface area contributed by atoms with Crippen molar-refractivity contribution in [1.29, 1.82) is 0 Å². The smallest absolute Gasteiger partial charge is 0.423 e. The summed E-state index contributed by atoms with van der Waals surface area (Å²) in [5.74, 6) is -6.11. The van der Waals surface area contributed by atoms with Gasteiger partial charge in [0.2, 0.25) is 0 Å². The molecule has 9 nitrogen and oxygen atoms in total. The summed E-state index contributed by atoms with van der Waals surface area (Å²) >= 11 is 0. The van der Waals surface area contributed by atoms with E-state index in [1.165, 1.54) is 13.0 Å². The highest BCUT2D eigenvalue weighted by Crippen LogP contribution is 2.29. The second-order valence-electron chi connectivity index (χ2n) is 9.46. The fraction of sp³-hybridized carbons (Fsp3) is 0.250. The monoisotopic (exact) mass is 668 g/mol. The lowest BCUT2D eigenvalue weighted by Gasteiger charge is -2.21. The van der Waals surface area contributed by atoms with Gasteiger partial charge in [-0.15, -0.1) is 0 Å². The van der Waals surface area contributed by atoms with Crippen molar-refractivity contribution in [3.05, 3.63) is 93.4 Å². The van der Waals surface area contributed by atoms with Crippen LogP contribution < -0.4 is 15.7 Å². The van der Waals surface area contributed by atoms with E-state index in [0.29, 0.717) is 12.2 Å². The molecule has 0 fully saturated rings. The fourth-order valence-corrected chi connectivity index (χ4v) is 3.83. The third kappa shape index (κ3) is 11.4. The van der Waals surface area contributed by atoms with Gasteiger partial charge in [-0.05, 0) is 54.5 Å². The number of hydrogen-bond donors (Lipinski definition) is 5. The second kappa shape index (κ2) is 14.2. The molecule has 0 aromatic rings. The van der Waals surface area contributed by atoms with Crippen molar-refractivity contribution in [3.8, 4) is 0 Å². The number of allylic oxidation sites excluding steroid dienone is 9. The minimum atomic E-state index is -5.25. The molecule has 0 saturated carbocycles. The van der Waals surface area contributed by atoms with Gasteiger partial charge in [-0.1, -0.05) is 10.7 Å². The molecule has 2 aliphatic heterocycles. The van der Waals surface area contributed by atoms with Crippen LogP contribution in [0.15, 0.2) is 93.4 Å². The SMILES string of the molecule is CC=C(C=C(N)C1=CC(C=C(CC(F)(F)F)C(=O)O)=CC(C2=[N+]=CC(C=C(C(=O)O)C(F)(F)F)=C2)N1)C=C(CC(F)(F)F)C(=O)O. The number of alkyl halides is 9. The van der Waals surface area contributed by atoms with Crippen LogP contribution in [0.1, 0.15) is 19.8 Å². The molecule has 248 valence electrons. The minimum absolute atomic E-state index is 0.125. The molecular formula is C28H23F9N3O6+. The lowest BCUT2D eigenvalue weighted by molar-refractivity contribution is -0.145. The summed E-state index contributed by atoms with van der Waals surface area (Å²) in [7, 11) is 0. The summed E-state index contributed by atoms with van der Waals surface area (Å²) in [6.45, 7) is 1.33. The first-order valence-electron chi connectivity index (χ1n) is 12.5. The van der Waals surface area contributed by atoms with Gasteiger partial charge in [0, 0.05) is 17.2 Å². The standard InChI is InChI=1S/C28H22F9N3O6/c1-2-13(3-16(23(41)42)10-26(29,30)31)6-19(38)20-7-14(4-17(24(43)44)11-27(32,33)34)8-22(40-20)21-9-15(12-39-21)5-18(25(45)46)28(35,36)37/h2-9,12,22,40H,10-11,38H2,1H3,(H2-,41,42,43,44,45,46)/p+1. The predicted molar refractivity (Wildman–Crippen MR) is 145 cm³/mol. The number of hydrogen-bond acceptors (Lipinski definition) is 5. The Morgan fingerprint density at radius 3 is 1.89 bits per heavy atom. The molecule has 6 N–H and O–H groups in total. The zero-order chi connectivity index (χ0) is 35.2. The molecule has 2 rings (SSSR count). The summed E-state index contributed by atoms with van der Waals surface area (Å²) < 4.78 is 121. The first kappa shape index (κ1) is 36.9. The van der Waals surface area contributed by atoms with Crippen LogP contribution in [0.5, 0.6) is 0 Å². The topological polar surface area (TPSA) is 164 Å². The Hall–Kier alpha value is -5.25. The summed E-state index contributed by atoms with van der Waals surface area (Å²) in [6, 6.07) is -1.23. The zero-order valence-electron chi connectivity index (χ0n) is 23.2. The van der Waals surface area contributed by atoms with E-state index in [9.17, 15) is 64.1 Å². The van der Waals surface area contributed by atoms with Crippen molar-refractivity contribution in [2.75, 3.05) is 0 Å². The molecule has 0 saturated heterocycles. The molecule has 0 bridgehead atoms. The lowest BCUT2D eigenvalue weighted by atomic mass is 9.97. The maximum atomic E-state index is 13.1. The average molecular weight is 668 g/mol. The van der Waals surface area contributed by atoms with Crippen LogP contribution in [0.25, 0.3) is 0 Å². The van der Waals surface area contributed by atoms with E-state index in [4.69, 9.17) is 10.8 Å². The van der Waals surface area contributed by atoms with Gasteiger partial charge in [0.1, 0.15) is 11.6 Å². The number of carbonyl (C=O) groups is 3. The van der Waals surface area contributed by atoms with E-state index in [0.717, 1.165) is 30.5 Å². The third-order valence-electron chi connectivity index (χ3n) is 5.80. The first-order chi connectivity index (χ1) is 21.0. The normalized spacial score (nSPS) is 18.8. The van der Waals surface area contributed by atoms with Crippen LogP contribution in [0.3, 0.4) is 0 Å².